The second-order valence-electron chi connectivity index (χ2n) is 5.16. The fourth-order valence-electron chi connectivity index (χ4n) is 4.17. The number of ether oxygens (including phenoxy) is 3. The highest BCUT2D eigenvalue weighted by molar-refractivity contribution is 4.99. The second kappa shape index (κ2) is 3.72. The van der Waals surface area contributed by atoms with E-state index in [0.29, 0.717) is 11.8 Å². The van der Waals surface area contributed by atoms with Crippen LogP contribution in [0.3, 0.4) is 0 Å². The Kier molecular flexibility index (Phi) is 2.49. The van der Waals surface area contributed by atoms with E-state index in [2.05, 4.69) is 0 Å². The maximum absolute atomic E-state index is 5.88. The van der Waals surface area contributed by atoms with Crippen molar-refractivity contribution >= 4 is 0 Å². The molecule has 0 radical (unpaired) electrons. The Morgan fingerprint density at radius 3 is 1.87 bits per heavy atom. The molecule has 6 atom stereocenters. The summed E-state index contributed by atoms with van der Waals surface area (Å²) in [6, 6.07) is 0. The van der Waals surface area contributed by atoms with Crippen LogP contribution in [0.25, 0.3) is 0 Å². The summed E-state index contributed by atoms with van der Waals surface area (Å²) in [5.41, 5.74) is 0. The van der Waals surface area contributed by atoms with Gasteiger partial charge in [-0.15, -0.1) is 0 Å². The Morgan fingerprint density at radius 2 is 1.40 bits per heavy atom. The zero-order valence-corrected chi connectivity index (χ0v) is 9.52. The number of rotatable bonds is 2. The van der Waals surface area contributed by atoms with Crippen LogP contribution in [0, 0.1) is 23.7 Å². The molecule has 3 heteroatoms. The largest absolute Gasteiger partial charge is 0.355 e. The molecule has 2 unspecified atom stereocenters. The van der Waals surface area contributed by atoms with Crippen molar-refractivity contribution in [2.75, 3.05) is 14.2 Å². The maximum Gasteiger partial charge on any atom is 0.163 e. The highest BCUT2D eigenvalue weighted by Crippen LogP contribution is 2.56. The molecule has 3 fully saturated rings. The first-order chi connectivity index (χ1) is 7.35. The van der Waals surface area contributed by atoms with Crippen molar-refractivity contribution in [1.29, 1.82) is 0 Å². The third-order valence-electron chi connectivity index (χ3n) is 4.71. The van der Waals surface area contributed by atoms with Crippen molar-refractivity contribution in [1.82, 2.24) is 0 Å². The van der Waals surface area contributed by atoms with Gasteiger partial charge in [-0.05, 0) is 37.5 Å². The Balaban J connectivity index is 1.85. The number of hydrogen-bond donors (Lipinski definition) is 0. The van der Waals surface area contributed by atoms with Crippen molar-refractivity contribution in [3.63, 3.8) is 0 Å². The average molecular weight is 212 g/mol. The second-order valence-corrected chi connectivity index (χ2v) is 5.16. The van der Waals surface area contributed by atoms with Crippen LogP contribution in [0.1, 0.15) is 25.7 Å². The molecule has 3 nitrogen and oxygen atoms in total. The lowest BCUT2D eigenvalue weighted by molar-refractivity contribution is -0.302. The Bertz CT molecular complexity index is 221. The van der Waals surface area contributed by atoms with E-state index in [0.717, 1.165) is 11.8 Å². The van der Waals surface area contributed by atoms with E-state index in [9.17, 15) is 0 Å². The van der Waals surface area contributed by atoms with Gasteiger partial charge in [-0.25, -0.2) is 0 Å². The van der Waals surface area contributed by atoms with E-state index in [4.69, 9.17) is 14.2 Å². The summed E-state index contributed by atoms with van der Waals surface area (Å²) < 4.78 is 16.8. The SMILES string of the molecule is CO[C@@H]1O[C@H](OC)[C@H]2CCC3CC[C@@H]1C32. The van der Waals surface area contributed by atoms with Gasteiger partial charge in [-0.2, -0.15) is 0 Å². The summed E-state index contributed by atoms with van der Waals surface area (Å²) >= 11 is 0. The summed E-state index contributed by atoms with van der Waals surface area (Å²) in [4.78, 5) is 0. The maximum atomic E-state index is 5.88. The standard InChI is InChI=1S/C12H20O3/c1-13-11-8-5-3-7-4-6-9(10(7)8)12(14-2)15-11/h7-12H,3-6H2,1-2H3/t7?,8-,9+,10?,11-,12+. The van der Waals surface area contributed by atoms with Crippen molar-refractivity contribution in [3.8, 4) is 0 Å². The van der Waals surface area contributed by atoms with Crippen molar-refractivity contribution in [2.45, 2.75) is 38.3 Å². The molecule has 0 aromatic heterocycles. The van der Waals surface area contributed by atoms with E-state index in [1.54, 1.807) is 14.2 Å². The van der Waals surface area contributed by atoms with E-state index in [-0.39, 0.29) is 12.6 Å². The Hall–Kier alpha value is -0.120. The fraction of sp³-hybridized carbons (Fsp3) is 1.00. The van der Waals surface area contributed by atoms with Gasteiger partial charge in [0.1, 0.15) is 0 Å². The van der Waals surface area contributed by atoms with Crippen LogP contribution in [-0.4, -0.2) is 26.8 Å². The minimum Gasteiger partial charge on any atom is -0.355 e. The quantitative estimate of drug-likeness (QED) is 0.701. The molecule has 15 heavy (non-hydrogen) atoms. The van der Waals surface area contributed by atoms with Gasteiger partial charge in [0.05, 0.1) is 0 Å². The molecule has 0 spiro atoms. The Morgan fingerprint density at radius 1 is 0.867 bits per heavy atom. The van der Waals surface area contributed by atoms with E-state index >= 15 is 0 Å². The highest BCUT2D eigenvalue weighted by Gasteiger charge is 2.55. The van der Waals surface area contributed by atoms with Gasteiger partial charge in [0.25, 0.3) is 0 Å². The first-order valence-electron chi connectivity index (χ1n) is 6.06. The minimum absolute atomic E-state index is 0.0284. The van der Waals surface area contributed by atoms with Crippen molar-refractivity contribution in [2.24, 2.45) is 23.7 Å². The van der Waals surface area contributed by atoms with Gasteiger partial charge in [-0.3, -0.25) is 0 Å². The third kappa shape index (κ3) is 1.37. The molecule has 0 aromatic carbocycles. The van der Waals surface area contributed by atoms with Crippen LogP contribution in [0.2, 0.25) is 0 Å². The van der Waals surface area contributed by atoms with Gasteiger partial charge in [0, 0.05) is 26.1 Å². The van der Waals surface area contributed by atoms with Crippen molar-refractivity contribution in [3.05, 3.63) is 0 Å². The molecular weight excluding hydrogens is 192 g/mol. The molecule has 1 saturated heterocycles. The highest BCUT2D eigenvalue weighted by atomic mass is 16.8. The minimum atomic E-state index is -0.0284. The van der Waals surface area contributed by atoms with Gasteiger partial charge in [0.2, 0.25) is 0 Å². The average Bonchev–Trinajstić information content (AvgIpc) is 2.86. The molecule has 0 aromatic rings. The lowest BCUT2D eigenvalue weighted by atomic mass is 9.81. The summed E-state index contributed by atoms with van der Waals surface area (Å²) in [5.74, 6) is 2.96. The van der Waals surface area contributed by atoms with Crippen LogP contribution >= 0.6 is 0 Å². The van der Waals surface area contributed by atoms with E-state index < -0.39 is 0 Å². The van der Waals surface area contributed by atoms with Crippen LogP contribution in [0.4, 0.5) is 0 Å². The monoisotopic (exact) mass is 212 g/mol. The summed E-state index contributed by atoms with van der Waals surface area (Å²) in [7, 11) is 3.50. The fourth-order valence-corrected chi connectivity index (χ4v) is 4.17. The molecule has 1 aliphatic heterocycles. The zero-order valence-electron chi connectivity index (χ0n) is 9.52. The van der Waals surface area contributed by atoms with Gasteiger partial charge in [-0.1, -0.05) is 0 Å². The van der Waals surface area contributed by atoms with E-state index in [1.165, 1.54) is 25.7 Å². The molecule has 86 valence electrons. The molecule has 0 amide bonds. The lowest BCUT2D eigenvalue weighted by Gasteiger charge is -2.41. The molecule has 2 saturated carbocycles. The topological polar surface area (TPSA) is 27.7 Å². The molecule has 1 heterocycles. The number of hydrogen-bond acceptors (Lipinski definition) is 3. The summed E-state index contributed by atoms with van der Waals surface area (Å²) in [6.45, 7) is 0. The van der Waals surface area contributed by atoms with Crippen molar-refractivity contribution < 1.29 is 14.2 Å². The smallest absolute Gasteiger partial charge is 0.163 e. The van der Waals surface area contributed by atoms with Gasteiger partial charge < -0.3 is 14.2 Å². The van der Waals surface area contributed by atoms with Crippen LogP contribution in [0.15, 0.2) is 0 Å². The molecule has 3 aliphatic rings. The summed E-state index contributed by atoms with van der Waals surface area (Å²) in [6.07, 6.45) is 5.23. The molecular formula is C12H20O3. The molecule has 0 bridgehead atoms. The molecule has 0 N–H and O–H groups in total. The third-order valence-corrected chi connectivity index (χ3v) is 4.71. The van der Waals surface area contributed by atoms with Gasteiger partial charge >= 0.3 is 0 Å². The zero-order chi connectivity index (χ0) is 10.4. The first-order valence-corrected chi connectivity index (χ1v) is 6.06. The first kappa shape index (κ1) is 10.1. The predicted molar refractivity (Wildman–Crippen MR) is 55.1 cm³/mol. The van der Waals surface area contributed by atoms with Crippen LogP contribution < -0.4 is 0 Å². The normalized spacial score (nSPS) is 53.2. The van der Waals surface area contributed by atoms with Crippen LogP contribution in [0.5, 0.6) is 0 Å². The number of methoxy groups -OCH3 is 2. The summed E-state index contributed by atoms with van der Waals surface area (Å²) in [5, 5.41) is 0. The molecule has 2 aliphatic carbocycles. The Labute approximate surface area is 91.1 Å². The lowest BCUT2D eigenvalue weighted by Crippen LogP contribution is -2.46. The van der Waals surface area contributed by atoms with E-state index in [1.807, 2.05) is 0 Å². The molecule has 3 rings (SSSR count). The van der Waals surface area contributed by atoms with Gasteiger partial charge in [0.15, 0.2) is 12.6 Å². The predicted octanol–water partition coefficient (Wildman–Crippen LogP) is 2.01. The van der Waals surface area contributed by atoms with Crippen LogP contribution in [-0.2, 0) is 14.2 Å².